The molecule has 4 unspecified atom stereocenters. The molecule has 0 aromatic heterocycles. The molecule has 0 saturated heterocycles. The average Bonchev–Trinajstić information content (AvgIpc) is 3.09. The van der Waals surface area contributed by atoms with Crippen LogP contribution in [0.1, 0.15) is 22.3 Å². The van der Waals surface area contributed by atoms with Crippen LogP contribution in [-0.4, -0.2) is 42.3 Å². The molecule has 0 bridgehead atoms. The van der Waals surface area contributed by atoms with Crippen LogP contribution in [0.25, 0.3) is 0 Å². The molecule has 4 rings (SSSR count). The molecule has 0 saturated carbocycles. The van der Waals surface area contributed by atoms with Gasteiger partial charge in [0.25, 0.3) is 0 Å². The van der Waals surface area contributed by atoms with Gasteiger partial charge < -0.3 is 17.7 Å². The molecule has 0 N–H and O–H groups in total. The van der Waals surface area contributed by atoms with Gasteiger partial charge in [0.15, 0.2) is 0 Å². The van der Waals surface area contributed by atoms with Crippen molar-refractivity contribution in [1.29, 1.82) is 0 Å². The first-order valence-electron chi connectivity index (χ1n) is 15.4. The molecule has 0 aliphatic rings. The minimum absolute atomic E-state index is 0.721. The number of hydrogen-bond donors (Lipinski definition) is 0. The van der Waals surface area contributed by atoms with Gasteiger partial charge in [-0.1, -0.05) is 144 Å². The summed E-state index contributed by atoms with van der Waals surface area (Å²) in [6.07, 6.45) is -1.72. The highest BCUT2D eigenvalue weighted by atomic mass is 28.3. The Morgan fingerprint density at radius 3 is 0.756 bits per heavy atom. The zero-order valence-corrected chi connectivity index (χ0v) is 30.6. The minimum Gasteiger partial charge on any atom is -0.346 e. The zero-order valence-electron chi connectivity index (χ0n) is 26.0. The lowest BCUT2D eigenvalue weighted by Gasteiger charge is -2.41. The lowest BCUT2D eigenvalue weighted by molar-refractivity contribution is -0.380. The molecule has 4 nitrogen and oxygen atoms in total. The van der Waals surface area contributed by atoms with E-state index in [0.29, 0.717) is 0 Å². The molecule has 0 aliphatic carbocycles. The molecule has 0 radical (unpaired) electrons. The Bertz CT molecular complexity index is 1230. The first-order valence-corrected chi connectivity index (χ1v) is 23.2. The Kier molecular flexibility index (Phi) is 14.2. The quantitative estimate of drug-likeness (QED) is 0.0790. The molecule has 8 heteroatoms. The van der Waals surface area contributed by atoms with E-state index in [2.05, 4.69) is 74.8 Å². The van der Waals surface area contributed by atoms with Crippen molar-refractivity contribution in [3.8, 4) is 0 Å². The van der Waals surface area contributed by atoms with Crippen molar-refractivity contribution in [2.45, 2.75) is 30.3 Å². The first-order chi connectivity index (χ1) is 22.0. The maximum atomic E-state index is 7.02. The topological polar surface area (TPSA) is 36.9 Å². The summed E-state index contributed by atoms with van der Waals surface area (Å²) in [7, 11) is -8.71. The highest BCUT2D eigenvalue weighted by Gasteiger charge is 2.43. The molecular weight excluding hydrogens is 621 g/mol. The molecule has 45 heavy (non-hydrogen) atoms. The molecule has 4 aromatic rings. The van der Waals surface area contributed by atoms with Crippen molar-refractivity contribution in [3.05, 3.63) is 193 Å². The van der Waals surface area contributed by atoms with Gasteiger partial charge in [0, 0.05) is 0 Å². The summed E-state index contributed by atoms with van der Waals surface area (Å²) < 4.78 is 28.1. The Labute approximate surface area is 275 Å². The molecule has 232 valence electrons. The van der Waals surface area contributed by atoms with E-state index >= 15 is 0 Å². The maximum Gasteiger partial charge on any atom is 0.374 e. The third-order valence-corrected chi connectivity index (χ3v) is 15.3. The molecule has 0 spiro atoms. The molecule has 0 heterocycles. The van der Waals surface area contributed by atoms with Crippen LogP contribution >= 0.6 is 0 Å². The summed E-state index contributed by atoms with van der Waals surface area (Å²) in [5, 5.41) is 0. The maximum absolute atomic E-state index is 7.02. The van der Waals surface area contributed by atoms with Crippen molar-refractivity contribution < 1.29 is 17.7 Å². The van der Waals surface area contributed by atoms with E-state index in [4.69, 9.17) is 17.7 Å². The second kappa shape index (κ2) is 18.5. The van der Waals surface area contributed by atoms with Gasteiger partial charge in [-0.2, -0.15) is 0 Å². The second-order valence-corrected chi connectivity index (χ2v) is 19.6. The SMILES string of the molecule is C=C[SiH](Cc1ccccc1)OC(O[SiH](C=C)Cc1ccccc1)(O[SiH](C=C)Cc1ccccc1)O[SiH](C=C)Cc1ccccc1. The van der Waals surface area contributed by atoms with Gasteiger partial charge in [0.05, 0.1) is 0 Å². The van der Waals surface area contributed by atoms with Gasteiger partial charge in [0.1, 0.15) is 0 Å². The normalized spacial score (nSPS) is 15.1. The molecule has 4 aromatic carbocycles. The summed E-state index contributed by atoms with van der Waals surface area (Å²) in [6, 6.07) is 44.2. The summed E-state index contributed by atoms with van der Waals surface area (Å²) in [4.78, 5) is 0. The Balaban J connectivity index is 1.73. The van der Waals surface area contributed by atoms with E-state index in [1.54, 1.807) is 0 Å². The van der Waals surface area contributed by atoms with Crippen molar-refractivity contribution in [2.75, 3.05) is 0 Å². The third kappa shape index (κ3) is 11.4. The number of hydrogen-bond acceptors (Lipinski definition) is 4. The molecular formula is C37H44O4Si4. The van der Waals surface area contributed by atoms with E-state index in [0.717, 1.165) is 24.2 Å². The Morgan fingerprint density at radius 2 is 0.578 bits per heavy atom. The fourth-order valence-corrected chi connectivity index (χ4v) is 12.1. The fraction of sp³-hybridized carbons (Fsp3) is 0.135. The highest BCUT2D eigenvalue weighted by Crippen LogP contribution is 2.27. The largest absolute Gasteiger partial charge is 0.374 e. The smallest absolute Gasteiger partial charge is 0.346 e. The van der Waals surface area contributed by atoms with Crippen LogP contribution in [0.4, 0.5) is 0 Å². The van der Waals surface area contributed by atoms with Crippen molar-refractivity contribution in [3.63, 3.8) is 0 Å². The van der Waals surface area contributed by atoms with Crippen LogP contribution in [0.3, 0.4) is 0 Å². The second-order valence-electron chi connectivity index (χ2n) is 10.8. The molecule has 0 fully saturated rings. The van der Waals surface area contributed by atoms with Gasteiger partial charge >= 0.3 is 6.16 Å². The average molecular weight is 665 g/mol. The van der Waals surface area contributed by atoms with Crippen molar-refractivity contribution in [1.82, 2.24) is 0 Å². The van der Waals surface area contributed by atoms with E-state index in [1.165, 1.54) is 22.3 Å². The van der Waals surface area contributed by atoms with E-state index < -0.39 is 42.3 Å². The summed E-state index contributed by atoms with van der Waals surface area (Å²) in [5.41, 5.74) is 12.4. The van der Waals surface area contributed by atoms with Crippen LogP contribution in [0.15, 0.2) is 170 Å². The zero-order chi connectivity index (χ0) is 31.7. The highest BCUT2D eigenvalue weighted by molar-refractivity contribution is 6.60. The number of benzene rings is 4. The van der Waals surface area contributed by atoms with Gasteiger partial charge in [-0.15, -0.1) is 26.3 Å². The summed E-state index contributed by atoms with van der Waals surface area (Å²) in [5.74, 6) is 0. The number of rotatable bonds is 20. The van der Waals surface area contributed by atoms with Crippen molar-refractivity contribution >= 4 is 36.2 Å². The lowest BCUT2D eigenvalue weighted by Crippen LogP contribution is -2.55. The fourth-order valence-electron chi connectivity index (χ4n) is 4.99. The van der Waals surface area contributed by atoms with Crippen LogP contribution in [0, 0.1) is 0 Å². The predicted octanol–water partition coefficient (Wildman–Crippen LogP) is 6.59. The standard InChI is InChI=1S/C37H44O4Si4/c1-5-42(29-33-21-13-9-14-22-33)38-37(39-43(6-2)30-34-23-15-10-16-24-34,40-44(7-3)31-35-25-17-11-18-26-35)41-45(8-4)32-36-27-19-12-20-28-36/h5-28,42-45H,1-4,29-32H2. The molecule has 4 atom stereocenters. The van der Waals surface area contributed by atoms with Gasteiger partial charge in [-0.3, -0.25) is 0 Å². The Hall–Kier alpha value is -3.45. The lowest BCUT2D eigenvalue weighted by atomic mass is 10.2. The van der Waals surface area contributed by atoms with Crippen molar-refractivity contribution in [2.24, 2.45) is 0 Å². The van der Waals surface area contributed by atoms with Crippen LogP contribution in [0.5, 0.6) is 0 Å². The molecule has 0 aliphatic heterocycles. The van der Waals surface area contributed by atoms with Gasteiger partial charge in [0.2, 0.25) is 36.2 Å². The summed E-state index contributed by atoms with van der Waals surface area (Å²) in [6.45, 7) is 16.7. The van der Waals surface area contributed by atoms with Gasteiger partial charge in [-0.25, -0.2) is 0 Å². The van der Waals surface area contributed by atoms with Crippen LogP contribution in [0.2, 0.25) is 0 Å². The minimum atomic E-state index is -2.18. The monoisotopic (exact) mass is 664 g/mol. The van der Waals surface area contributed by atoms with Gasteiger partial charge in [-0.05, 0) is 46.4 Å². The summed E-state index contributed by atoms with van der Waals surface area (Å²) >= 11 is 0. The molecule has 0 amide bonds. The predicted molar refractivity (Wildman–Crippen MR) is 197 cm³/mol. The van der Waals surface area contributed by atoms with E-state index in [-0.39, 0.29) is 0 Å². The van der Waals surface area contributed by atoms with Crippen LogP contribution in [-0.2, 0) is 41.9 Å². The van der Waals surface area contributed by atoms with E-state index in [1.807, 2.05) is 95.6 Å². The van der Waals surface area contributed by atoms with Crippen LogP contribution < -0.4 is 0 Å². The third-order valence-electron chi connectivity index (χ3n) is 7.35. The van der Waals surface area contributed by atoms with E-state index in [9.17, 15) is 0 Å². The first kappa shape index (κ1) is 34.4. The Morgan fingerprint density at radius 1 is 0.378 bits per heavy atom.